The Balaban J connectivity index is 2.92. The lowest BCUT2D eigenvalue weighted by Gasteiger charge is -2.09. The number of hydrogen-bond donors (Lipinski definition) is 1. The standard InChI is InChI=1S/C8H12N2O/c1-6(2)8(11)7-4-5-9-10(7)3/h4-5,8,11H,1H2,2-3H3. The third-order valence-electron chi connectivity index (χ3n) is 1.61. The first-order valence-corrected chi connectivity index (χ1v) is 3.44. The molecule has 0 amide bonds. The van der Waals surface area contributed by atoms with Crippen LogP contribution in [0.4, 0.5) is 0 Å². The minimum absolute atomic E-state index is 0.595. The number of nitrogens with zero attached hydrogens (tertiary/aromatic N) is 2. The van der Waals surface area contributed by atoms with Crippen LogP contribution in [-0.2, 0) is 7.05 Å². The van der Waals surface area contributed by atoms with Gasteiger partial charge in [0.15, 0.2) is 0 Å². The maximum Gasteiger partial charge on any atom is 0.116 e. The Morgan fingerprint density at radius 2 is 2.45 bits per heavy atom. The van der Waals surface area contributed by atoms with Crippen molar-refractivity contribution in [2.45, 2.75) is 13.0 Å². The highest BCUT2D eigenvalue weighted by molar-refractivity contribution is 5.14. The summed E-state index contributed by atoms with van der Waals surface area (Å²) in [5.41, 5.74) is 1.51. The molecule has 0 spiro atoms. The minimum atomic E-state index is -0.595. The van der Waals surface area contributed by atoms with E-state index in [-0.39, 0.29) is 0 Å². The Bertz CT molecular complexity index is 265. The number of aryl methyl sites for hydroxylation is 1. The molecule has 1 N–H and O–H groups in total. The van der Waals surface area contributed by atoms with E-state index in [0.717, 1.165) is 11.3 Å². The van der Waals surface area contributed by atoms with Gasteiger partial charge in [0, 0.05) is 13.2 Å². The van der Waals surface area contributed by atoms with Gasteiger partial charge in [0.1, 0.15) is 6.10 Å². The molecular weight excluding hydrogens is 140 g/mol. The van der Waals surface area contributed by atoms with Crippen LogP contribution >= 0.6 is 0 Å². The Morgan fingerprint density at radius 3 is 2.82 bits per heavy atom. The zero-order valence-electron chi connectivity index (χ0n) is 6.78. The zero-order chi connectivity index (χ0) is 8.43. The second-order valence-electron chi connectivity index (χ2n) is 2.63. The average molecular weight is 152 g/mol. The van der Waals surface area contributed by atoms with Gasteiger partial charge in [-0.15, -0.1) is 0 Å². The lowest BCUT2D eigenvalue weighted by atomic mass is 10.1. The van der Waals surface area contributed by atoms with E-state index >= 15 is 0 Å². The van der Waals surface area contributed by atoms with Gasteiger partial charge in [-0.25, -0.2) is 0 Å². The summed E-state index contributed by atoms with van der Waals surface area (Å²) in [5.74, 6) is 0. The SMILES string of the molecule is C=C(C)C(O)c1ccnn1C. The quantitative estimate of drug-likeness (QED) is 0.643. The number of rotatable bonds is 2. The number of hydrogen-bond acceptors (Lipinski definition) is 2. The molecule has 1 rings (SSSR count). The maximum absolute atomic E-state index is 9.51. The lowest BCUT2D eigenvalue weighted by molar-refractivity contribution is 0.206. The molecule has 0 radical (unpaired) electrons. The summed E-state index contributed by atoms with van der Waals surface area (Å²) in [6, 6.07) is 1.78. The molecule has 0 aliphatic rings. The van der Waals surface area contributed by atoms with E-state index in [4.69, 9.17) is 0 Å². The highest BCUT2D eigenvalue weighted by Gasteiger charge is 2.10. The minimum Gasteiger partial charge on any atom is -0.382 e. The smallest absolute Gasteiger partial charge is 0.116 e. The maximum atomic E-state index is 9.51. The molecule has 0 aliphatic carbocycles. The Hall–Kier alpha value is -1.09. The van der Waals surface area contributed by atoms with Crippen molar-refractivity contribution in [3.63, 3.8) is 0 Å². The van der Waals surface area contributed by atoms with Gasteiger partial charge in [-0.05, 0) is 18.6 Å². The third kappa shape index (κ3) is 1.49. The molecule has 1 atom stereocenters. The fourth-order valence-corrected chi connectivity index (χ4v) is 0.905. The molecule has 1 aromatic heterocycles. The zero-order valence-corrected chi connectivity index (χ0v) is 6.78. The van der Waals surface area contributed by atoms with Crippen molar-refractivity contribution in [1.82, 2.24) is 9.78 Å². The summed E-state index contributed by atoms with van der Waals surface area (Å²) in [6.45, 7) is 5.45. The summed E-state index contributed by atoms with van der Waals surface area (Å²) < 4.78 is 1.64. The van der Waals surface area contributed by atoms with Crippen molar-refractivity contribution in [2.24, 2.45) is 7.05 Å². The molecule has 0 bridgehead atoms. The van der Waals surface area contributed by atoms with E-state index in [2.05, 4.69) is 11.7 Å². The van der Waals surface area contributed by atoms with E-state index in [9.17, 15) is 5.11 Å². The lowest BCUT2D eigenvalue weighted by Crippen LogP contribution is -2.05. The summed E-state index contributed by atoms with van der Waals surface area (Å²) in [4.78, 5) is 0. The van der Waals surface area contributed by atoms with Crippen LogP contribution in [0.2, 0.25) is 0 Å². The average Bonchev–Trinajstić information content (AvgIpc) is 2.33. The fourth-order valence-electron chi connectivity index (χ4n) is 0.905. The molecule has 1 aromatic rings. The number of aliphatic hydroxyl groups is 1. The van der Waals surface area contributed by atoms with Crippen molar-refractivity contribution in [1.29, 1.82) is 0 Å². The molecule has 60 valence electrons. The second-order valence-corrected chi connectivity index (χ2v) is 2.63. The van der Waals surface area contributed by atoms with Gasteiger partial charge >= 0.3 is 0 Å². The van der Waals surface area contributed by atoms with Crippen LogP contribution in [0.3, 0.4) is 0 Å². The Labute approximate surface area is 66.0 Å². The molecule has 0 saturated heterocycles. The molecule has 1 heterocycles. The summed E-state index contributed by atoms with van der Waals surface area (Å²) in [7, 11) is 1.79. The first-order valence-electron chi connectivity index (χ1n) is 3.44. The number of aromatic nitrogens is 2. The van der Waals surface area contributed by atoms with Gasteiger partial charge < -0.3 is 5.11 Å². The highest BCUT2D eigenvalue weighted by Crippen LogP contribution is 2.17. The van der Waals surface area contributed by atoms with Gasteiger partial charge in [0.25, 0.3) is 0 Å². The predicted molar refractivity (Wildman–Crippen MR) is 43.0 cm³/mol. The molecule has 0 fully saturated rings. The van der Waals surface area contributed by atoms with Crippen LogP contribution < -0.4 is 0 Å². The fraction of sp³-hybridized carbons (Fsp3) is 0.375. The molecule has 11 heavy (non-hydrogen) atoms. The van der Waals surface area contributed by atoms with Crippen LogP contribution in [-0.4, -0.2) is 14.9 Å². The summed E-state index contributed by atoms with van der Waals surface area (Å²) >= 11 is 0. The Kier molecular flexibility index (Phi) is 2.10. The van der Waals surface area contributed by atoms with Gasteiger partial charge in [-0.3, -0.25) is 4.68 Å². The first kappa shape index (κ1) is 8.01. The van der Waals surface area contributed by atoms with Gasteiger partial charge in [0.2, 0.25) is 0 Å². The van der Waals surface area contributed by atoms with Crippen molar-refractivity contribution >= 4 is 0 Å². The second kappa shape index (κ2) is 2.88. The van der Waals surface area contributed by atoms with Gasteiger partial charge in [-0.1, -0.05) is 6.58 Å². The Morgan fingerprint density at radius 1 is 1.82 bits per heavy atom. The van der Waals surface area contributed by atoms with Crippen molar-refractivity contribution in [2.75, 3.05) is 0 Å². The van der Waals surface area contributed by atoms with E-state index in [1.165, 1.54) is 0 Å². The largest absolute Gasteiger partial charge is 0.382 e. The normalized spacial score (nSPS) is 13.0. The predicted octanol–water partition coefficient (Wildman–Crippen LogP) is 1.03. The third-order valence-corrected chi connectivity index (χ3v) is 1.61. The highest BCUT2D eigenvalue weighted by atomic mass is 16.3. The van der Waals surface area contributed by atoms with E-state index in [0.29, 0.717) is 0 Å². The van der Waals surface area contributed by atoms with E-state index < -0.39 is 6.10 Å². The number of aliphatic hydroxyl groups excluding tert-OH is 1. The molecule has 1 unspecified atom stereocenters. The van der Waals surface area contributed by atoms with Crippen LogP contribution in [0.15, 0.2) is 24.4 Å². The molecular formula is C8H12N2O. The van der Waals surface area contributed by atoms with Crippen LogP contribution in [0.1, 0.15) is 18.7 Å². The van der Waals surface area contributed by atoms with Crippen LogP contribution in [0.25, 0.3) is 0 Å². The molecule has 3 heteroatoms. The van der Waals surface area contributed by atoms with Crippen molar-refractivity contribution in [3.8, 4) is 0 Å². The monoisotopic (exact) mass is 152 g/mol. The van der Waals surface area contributed by atoms with Crippen molar-refractivity contribution in [3.05, 3.63) is 30.1 Å². The van der Waals surface area contributed by atoms with E-state index in [1.807, 2.05) is 0 Å². The first-order chi connectivity index (χ1) is 5.13. The van der Waals surface area contributed by atoms with E-state index in [1.54, 1.807) is 30.9 Å². The molecule has 0 saturated carbocycles. The molecule has 0 aliphatic heterocycles. The summed E-state index contributed by atoms with van der Waals surface area (Å²) in [5, 5.41) is 13.4. The topological polar surface area (TPSA) is 38.1 Å². The summed E-state index contributed by atoms with van der Waals surface area (Å²) in [6.07, 6.45) is 1.06. The molecule has 0 aromatic carbocycles. The molecule has 3 nitrogen and oxygen atoms in total. The van der Waals surface area contributed by atoms with Gasteiger partial charge in [-0.2, -0.15) is 5.10 Å². The van der Waals surface area contributed by atoms with Gasteiger partial charge in [0.05, 0.1) is 5.69 Å². The van der Waals surface area contributed by atoms with Crippen molar-refractivity contribution < 1.29 is 5.11 Å². The van der Waals surface area contributed by atoms with Crippen LogP contribution in [0, 0.1) is 0 Å². The van der Waals surface area contributed by atoms with Crippen LogP contribution in [0.5, 0.6) is 0 Å².